The summed E-state index contributed by atoms with van der Waals surface area (Å²) in [5.41, 5.74) is 0.554. The molecule has 0 atom stereocenters. The fourth-order valence-corrected chi connectivity index (χ4v) is 1.61. The Kier molecular flexibility index (Phi) is 4.34. The Morgan fingerprint density at radius 3 is 2.45 bits per heavy atom. The van der Waals surface area contributed by atoms with Crippen molar-refractivity contribution in [1.82, 2.24) is 4.98 Å². The second-order valence-corrected chi connectivity index (χ2v) is 3.98. The number of rotatable bonds is 4. The van der Waals surface area contributed by atoms with Gasteiger partial charge in [-0.1, -0.05) is 12.1 Å². The van der Waals surface area contributed by atoms with Crippen molar-refractivity contribution in [3.8, 4) is 17.2 Å². The lowest BCUT2D eigenvalue weighted by molar-refractivity contribution is -0.275. The normalized spacial score (nSPS) is 11.2. The highest BCUT2D eigenvalue weighted by Gasteiger charge is 2.32. The summed E-state index contributed by atoms with van der Waals surface area (Å²) in [7, 11) is 0. The lowest BCUT2D eigenvalue weighted by Crippen LogP contribution is -2.17. The van der Waals surface area contributed by atoms with E-state index < -0.39 is 12.1 Å². The highest BCUT2D eigenvalue weighted by molar-refractivity contribution is 6.16. The molecule has 0 unspecified atom stereocenters. The Balaban J connectivity index is 2.24. The van der Waals surface area contributed by atoms with Gasteiger partial charge in [-0.25, -0.2) is 0 Å². The maximum Gasteiger partial charge on any atom is 0.573 e. The number of alkyl halides is 4. The van der Waals surface area contributed by atoms with Crippen molar-refractivity contribution in [2.45, 2.75) is 12.2 Å². The molecule has 2 aromatic rings. The summed E-state index contributed by atoms with van der Waals surface area (Å²) in [5, 5.41) is 0. The molecule has 0 aliphatic rings. The molecule has 0 amide bonds. The van der Waals surface area contributed by atoms with Crippen LogP contribution in [0.5, 0.6) is 17.2 Å². The first-order valence-electron chi connectivity index (χ1n) is 5.51. The van der Waals surface area contributed by atoms with Crippen LogP contribution in [-0.2, 0) is 5.88 Å². The van der Waals surface area contributed by atoms with Gasteiger partial charge in [0.05, 0.1) is 11.6 Å². The highest BCUT2D eigenvalue weighted by Crippen LogP contribution is 2.34. The predicted octanol–water partition coefficient (Wildman–Crippen LogP) is 4.51. The monoisotopic (exact) mass is 303 g/mol. The van der Waals surface area contributed by atoms with Gasteiger partial charge >= 0.3 is 6.36 Å². The number of pyridine rings is 1. The van der Waals surface area contributed by atoms with Gasteiger partial charge in [-0.15, -0.1) is 24.8 Å². The van der Waals surface area contributed by atoms with Crippen molar-refractivity contribution >= 4 is 11.6 Å². The molecular formula is C13H9ClF3NO2. The van der Waals surface area contributed by atoms with Gasteiger partial charge in [-0.2, -0.15) is 0 Å². The second kappa shape index (κ2) is 6.00. The lowest BCUT2D eigenvalue weighted by atomic mass is 10.3. The van der Waals surface area contributed by atoms with Gasteiger partial charge in [0.2, 0.25) is 0 Å². The van der Waals surface area contributed by atoms with Crippen LogP contribution in [0.3, 0.4) is 0 Å². The van der Waals surface area contributed by atoms with Crippen molar-refractivity contribution in [3.05, 3.63) is 48.3 Å². The van der Waals surface area contributed by atoms with E-state index in [0.29, 0.717) is 11.4 Å². The zero-order valence-corrected chi connectivity index (χ0v) is 10.8. The number of hydrogen-bond donors (Lipinski definition) is 0. The van der Waals surface area contributed by atoms with Gasteiger partial charge in [0, 0.05) is 12.3 Å². The average molecular weight is 304 g/mol. The molecule has 1 aromatic carbocycles. The summed E-state index contributed by atoms with van der Waals surface area (Å²) >= 11 is 5.63. The van der Waals surface area contributed by atoms with E-state index in [1.54, 1.807) is 6.07 Å². The van der Waals surface area contributed by atoms with Gasteiger partial charge in [0.25, 0.3) is 0 Å². The van der Waals surface area contributed by atoms with Crippen molar-refractivity contribution in [3.63, 3.8) is 0 Å². The molecule has 0 saturated heterocycles. The van der Waals surface area contributed by atoms with Gasteiger partial charge < -0.3 is 9.47 Å². The van der Waals surface area contributed by atoms with Crippen LogP contribution >= 0.6 is 11.6 Å². The van der Waals surface area contributed by atoms with Crippen molar-refractivity contribution in [1.29, 1.82) is 0 Å². The number of nitrogens with zero attached hydrogens (tertiary/aromatic N) is 1. The highest BCUT2D eigenvalue weighted by atomic mass is 35.5. The molecule has 1 heterocycles. The minimum Gasteiger partial charge on any atom is -0.453 e. The molecule has 20 heavy (non-hydrogen) atoms. The van der Waals surface area contributed by atoms with E-state index in [1.807, 2.05) is 0 Å². The van der Waals surface area contributed by atoms with Crippen LogP contribution < -0.4 is 9.47 Å². The molecule has 0 spiro atoms. The summed E-state index contributed by atoms with van der Waals surface area (Å²) in [5.74, 6) is 0.0485. The lowest BCUT2D eigenvalue weighted by Gasteiger charge is -2.13. The minimum atomic E-state index is -4.78. The largest absolute Gasteiger partial charge is 0.573 e. The molecule has 0 aliphatic heterocycles. The molecule has 0 aliphatic carbocycles. The number of aromatic nitrogens is 1. The summed E-state index contributed by atoms with van der Waals surface area (Å²) in [4.78, 5) is 3.96. The number of benzene rings is 1. The molecule has 0 N–H and O–H groups in total. The van der Waals surface area contributed by atoms with Gasteiger partial charge in [0.1, 0.15) is 5.75 Å². The third-order valence-corrected chi connectivity index (χ3v) is 2.50. The summed E-state index contributed by atoms with van der Waals surface area (Å²) < 4.78 is 46.1. The van der Waals surface area contributed by atoms with E-state index in [2.05, 4.69) is 9.72 Å². The van der Waals surface area contributed by atoms with E-state index in [4.69, 9.17) is 16.3 Å². The summed E-state index contributed by atoms with van der Waals surface area (Å²) in [6.45, 7) is 0. The van der Waals surface area contributed by atoms with E-state index in [1.165, 1.54) is 36.5 Å². The molecule has 0 radical (unpaired) electrons. The minimum absolute atomic E-state index is 0.0449. The van der Waals surface area contributed by atoms with Crippen LogP contribution in [-0.4, -0.2) is 11.3 Å². The third kappa shape index (κ3) is 4.03. The van der Waals surface area contributed by atoms with Gasteiger partial charge in [-0.05, 0) is 18.2 Å². The Labute approximate surface area is 117 Å². The van der Waals surface area contributed by atoms with Gasteiger partial charge in [0.15, 0.2) is 11.5 Å². The quantitative estimate of drug-likeness (QED) is 0.779. The molecule has 0 saturated carbocycles. The van der Waals surface area contributed by atoms with Crippen LogP contribution in [0.4, 0.5) is 13.2 Å². The van der Waals surface area contributed by atoms with Crippen LogP contribution in [0, 0.1) is 0 Å². The Morgan fingerprint density at radius 2 is 1.80 bits per heavy atom. The fraction of sp³-hybridized carbons (Fsp3) is 0.154. The Morgan fingerprint density at radius 1 is 1.10 bits per heavy atom. The average Bonchev–Trinajstić information content (AvgIpc) is 2.40. The summed E-state index contributed by atoms with van der Waals surface area (Å²) in [6.07, 6.45) is -3.32. The van der Waals surface area contributed by atoms with E-state index in [9.17, 15) is 13.2 Å². The zero-order chi connectivity index (χ0) is 14.6. The fourth-order valence-electron chi connectivity index (χ4n) is 1.46. The summed E-state index contributed by atoms with van der Waals surface area (Å²) in [6, 6.07) is 8.57. The van der Waals surface area contributed by atoms with E-state index in [-0.39, 0.29) is 11.6 Å². The molecule has 2 rings (SSSR count). The predicted molar refractivity (Wildman–Crippen MR) is 67.0 cm³/mol. The molecule has 0 fully saturated rings. The third-order valence-electron chi connectivity index (χ3n) is 2.23. The number of hydrogen-bond acceptors (Lipinski definition) is 3. The first-order chi connectivity index (χ1) is 9.48. The maximum absolute atomic E-state index is 12.3. The number of para-hydroxylation sites is 2. The first-order valence-corrected chi connectivity index (χ1v) is 6.05. The van der Waals surface area contributed by atoms with Gasteiger partial charge in [-0.3, -0.25) is 4.98 Å². The molecular weight excluding hydrogens is 295 g/mol. The van der Waals surface area contributed by atoms with Crippen LogP contribution in [0.15, 0.2) is 42.6 Å². The van der Waals surface area contributed by atoms with E-state index >= 15 is 0 Å². The number of ether oxygens (including phenoxy) is 2. The first kappa shape index (κ1) is 14.5. The van der Waals surface area contributed by atoms with Crippen molar-refractivity contribution in [2.75, 3.05) is 0 Å². The smallest absolute Gasteiger partial charge is 0.453 e. The Hall–Kier alpha value is -1.95. The van der Waals surface area contributed by atoms with Crippen LogP contribution in [0.2, 0.25) is 0 Å². The maximum atomic E-state index is 12.3. The molecule has 0 bridgehead atoms. The van der Waals surface area contributed by atoms with Crippen molar-refractivity contribution in [2.24, 2.45) is 0 Å². The Bertz CT molecular complexity index is 590. The topological polar surface area (TPSA) is 31.4 Å². The van der Waals surface area contributed by atoms with E-state index in [0.717, 1.165) is 0 Å². The molecule has 3 nitrogen and oxygen atoms in total. The number of halogens is 4. The van der Waals surface area contributed by atoms with Crippen molar-refractivity contribution < 1.29 is 22.6 Å². The standard InChI is InChI=1S/C13H9ClF3NO2/c14-8-9-7-10(5-6-18-9)19-11-3-1-2-4-12(11)20-13(15,16)17/h1-7H,8H2. The molecule has 7 heteroatoms. The van der Waals surface area contributed by atoms with Crippen LogP contribution in [0.1, 0.15) is 5.69 Å². The second-order valence-electron chi connectivity index (χ2n) is 3.71. The molecule has 106 valence electrons. The van der Waals surface area contributed by atoms with Crippen LogP contribution in [0.25, 0.3) is 0 Å². The zero-order valence-electron chi connectivity index (χ0n) is 10.0. The molecule has 1 aromatic heterocycles. The SMILES string of the molecule is FC(F)(F)Oc1ccccc1Oc1ccnc(CCl)c1.